The van der Waals surface area contributed by atoms with E-state index in [1.165, 1.54) is 0 Å². The largest absolute Gasteiger partial charge is 0.478 e. The predicted octanol–water partition coefficient (Wildman–Crippen LogP) is 3.44. The molecule has 0 N–H and O–H groups in total. The lowest BCUT2D eigenvalue weighted by atomic mass is 10.1. The maximum Gasteiger partial charge on any atom is 0.266 e. The number of hydrogen-bond acceptors (Lipinski definition) is 3. The molecule has 2 atom stereocenters. The first-order valence-electron chi connectivity index (χ1n) is 7.59. The third-order valence-corrected chi connectivity index (χ3v) is 4.15. The summed E-state index contributed by atoms with van der Waals surface area (Å²) in [6.07, 6.45) is 0.0857. The zero-order valence-corrected chi connectivity index (χ0v) is 14.6. The fraction of sp³-hybridized carbons (Fsp3) is 0.588. The number of benzene rings is 1. The van der Waals surface area contributed by atoms with Crippen molar-refractivity contribution in [2.75, 3.05) is 13.1 Å². The van der Waals surface area contributed by atoms with Gasteiger partial charge in [-0.15, -0.1) is 0 Å². The van der Waals surface area contributed by atoms with Crippen molar-refractivity contribution in [3.05, 3.63) is 28.8 Å². The van der Waals surface area contributed by atoms with Gasteiger partial charge in [-0.1, -0.05) is 11.6 Å². The summed E-state index contributed by atoms with van der Waals surface area (Å²) in [5, 5.41) is 0.687. The summed E-state index contributed by atoms with van der Waals surface area (Å²) in [4.78, 5) is 14.6. The van der Waals surface area contributed by atoms with Crippen LogP contribution in [-0.4, -0.2) is 41.7 Å². The Morgan fingerprint density at radius 2 is 1.91 bits per heavy atom. The lowest BCUT2D eigenvalue weighted by Crippen LogP contribution is -2.55. The molecule has 0 unspecified atom stereocenters. The minimum Gasteiger partial charge on any atom is -0.478 e. The number of ether oxygens (including phenoxy) is 2. The zero-order valence-electron chi connectivity index (χ0n) is 13.9. The number of amides is 1. The van der Waals surface area contributed by atoms with Gasteiger partial charge < -0.3 is 14.4 Å². The van der Waals surface area contributed by atoms with Crippen LogP contribution in [0.2, 0.25) is 5.02 Å². The Morgan fingerprint density at radius 1 is 1.32 bits per heavy atom. The molecule has 0 saturated carbocycles. The highest BCUT2D eigenvalue weighted by Gasteiger charge is 2.37. The molecule has 0 spiro atoms. The lowest BCUT2D eigenvalue weighted by molar-refractivity contribution is -0.156. The number of hydrogen-bond donors (Lipinski definition) is 0. The van der Waals surface area contributed by atoms with E-state index < -0.39 is 5.60 Å². The molecule has 1 saturated heterocycles. The van der Waals surface area contributed by atoms with Gasteiger partial charge in [-0.2, -0.15) is 0 Å². The van der Waals surface area contributed by atoms with E-state index in [1.807, 2.05) is 31.7 Å². The Labute approximate surface area is 137 Å². The Balaban J connectivity index is 2.11. The van der Waals surface area contributed by atoms with Gasteiger partial charge in [0.15, 0.2) is 5.60 Å². The molecule has 22 heavy (non-hydrogen) atoms. The molecule has 122 valence electrons. The fourth-order valence-corrected chi connectivity index (χ4v) is 2.86. The molecule has 1 amide bonds. The molecule has 4 nitrogen and oxygen atoms in total. The highest BCUT2D eigenvalue weighted by molar-refractivity contribution is 6.31. The van der Waals surface area contributed by atoms with Crippen LogP contribution in [0.1, 0.15) is 33.3 Å². The molecule has 1 aliphatic heterocycles. The van der Waals surface area contributed by atoms with Crippen LogP contribution in [0.4, 0.5) is 0 Å². The zero-order chi connectivity index (χ0) is 16.5. The van der Waals surface area contributed by atoms with Crippen LogP contribution in [0, 0.1) is 6.92 Å². The first kappa shape index (κ1) is 17.1. The maximum absolute atomic E-state index is 12.8. The van der Waals surface area contributed by atoms with Crippen molar-refractivity contribution in [1.29, 1.82) is 0 Å². The van der Waals surface area contributed by atoms with E-state index >= 15 is 0 Å². The predicted molar refractivity (Wildman–Crippen MR) is 87.5 cm³/mol. The van der Waals surface area contributed by atoms with Crippen LogP contribution in [0.5, 0.6) is 5.75 Å². The molecule has 1 aliphatic rings. The summed E-state index contributed by atoms with van der Waals surface area (Å²) in [5.74, 6) is 0.622. The molecular formula is C17H24ClNO3. The Morgan fingerprint density at radius 3 is 2.45 bits per heavy atom. The molecule has 0 bridgehead atoms. The molecule has 1 fully saturated rings. The first-order valence-corrected chi connectivity index (χ1v) is 7.97. The van der Waals surface area contributed by atoms with Gasteiger partial charge in [0.05, 0.1) is 12.2 Å². The number of rotatable bonds is 3. The monoisotopic (exact) mass is 325 g/mol. The third-order valence-electron chi connectivity index (χ3n) is 3.72. The third kappa shape index (κ3) is 3.93. The maximum atomic E-state index is 12.8. The number of halogens is 1. The summed E-state index contributed by atoms with van der Waals surface area (Å²) in [6, 6.07) is 5.42. The van der Waals surface area contributed by atoms with E-state index in [0.717, 1.165) is 5.56 Å². The highest BCUT2D eigenvalue weighted by atomic mass is 35.5. The summed E-state index contributed by atoms with van der Waals surface area (Å²) in [7, 11) is 0. The quantitative estimate of drug-likeness (QED) is 0.854. The van der Waals surface area contributed by atoms with Gasteiger partial charge in [0.25, 0.3) is 5.91 Å². The van der Waals surface area contributed by atoms with Gasteiger partial charge in [-0.3, -0.25) is 4.79 Å². The second kappa shape index (κ2) is 6.47. The summed E-state index contributed by atoms with van der Waals surface area (Å²) in [5.41, 5.74) is -0.00660. The van der Waals surface area contributed by atoms with Gasteiger partial charge >= 0.3 is 0 Å². The number of morpholine rings is 1. The van der Waals surface area contributed by atoms with Crippen molar-refractivity contribution < 1.29 is 14.3 Å². The molecule has 1 heterocycles. The van der Waals surface area contributed by atoms with Crippen molar-refractivity contribution in [2.24, 2.45) is 0 Å². The highest BCUT2D eigenvalue weighted by Crippen LogP contribution is 2.26. The number of carbonyl (C=O) groups excluding carboxylic acids is 1. The number of carbonyl (C=O) groups is 1. The van der Waals surface area contributed by atoms with Crippen LogP contribution in [0.3, 0.4) is 0 Å². The molecule has 2 rings (SSSR count). The van der Waals surface area contributed by atoms with Crippen LogP contribution in [-0.2, 0) is 9.53 Å². The van der Waals surface area contributed by atoms with Crippen molar-refractivity contribution in [1.82, 2.24) is 4.90 Å². The SMILES string of the molecule is Cc1cc(OC(C)(C)C(=O)N2C[C@H](C)O[C@@H](C)C2)ccc1Cl. The second-order valence-electron chi connectivity index (χ2n) is 6.49. The van der Waals surface area contributed by atoms with E-state index in [9.17, 15) is 4.79 Å². The van der Waals surface area contributed by atoms with Gasteiger partial charge in [0, 0.05) is 18.1 Å². The van der Waals surface area contributed by atoms with E-state index in [1.54, 1.807) is 26.0 Å². The van der Waals surface area contributed by atoms with Gasteiger partial charge in [0.2, 0.25) is 0 Å². The number of aryl methyl sites for hydroxylation is 1. The Hall–Kier alpha value is -1.26. The summed E-state index contributed by atoms with van der Waals surface area (Å²) >= 11 is 6.02. The summed E-state index contributed by atoms with van der Waals surface area (Å²) in [6.45, 7) is 10.6. The van der Waals surface area contributed by atoms with E-state index in [4.69, 9.17) is 21.1 Å². The van der Waals surface area contributed by atoms with Crippen molar-refractivity contribution >= 4 is 17.5 Å². The van der Waals surface area contributed by atoms with Gasteiger partial charge in [-0.25, -0.2) is 0 Å². The van der Waals surface area contributed by atoms with Gasteiger partial charge in [-0.05, 0) is 58.4 Å². The fourth-order valence-electron chi connectivity index (χ4n) is 2.74. The lowest BCUT2D eigenvalue weighted by Gasteiger charge is -2.39. The molecule has 5 heteroatoms. The minimum absolute atomic E-state index is 0.0258. The molecule has 0 aliphatic carbocycles. The van der Waals surface area contributed by atoms with Crippen molar-refractivity contribution in [2.45, 2.75) is 52.4 Å². The second-order valence-corrected chi connectivity index (χ2v) is 6.90. The van der Waals surface area contributed by atoms with E-state index in [2.05, 4.69) is 0 Å². The molecule has 1 aromatic carbocycles. The average molecular weight is 326 g/mol. The van der Waals surface area contributed by atoms with Crippen molar-refractivity contribution in [3.8, 4) is 5.75 Å². The molecular weight excluding hydrogens is 302 g/mol. The molecule has 1 aromatic rings. The standard InChI is InChI=1S/C17H24ClNO3/c1-11-8-14(6-7-15(11)18)22-17(4,5)16(20)19-9-12(2)21-13(3)10-19/h6-8,12-13H,9-10H2,1-5H3/t12-,13-/m0/s1. The average Bonchev–Trinajstić information content (AvgIpc) is 2.40. The van der Waals surface area contributed by atoms with Crippen LogP contribution >= 0.6 is 11.6 Å². The Kier molecular flexibility index (Phi) is 5.03. The summed E-state index contributed by atoms with van der Waals surface area (Å²) < 4.78 is 11.6. The van der Waals surface area contributed by atoms with Crippen molar-refractivity contribution in [3.63, 3.8) is 0 Å². The minimum atomic E-state index is -0.933. The Bertz CT molecular complexity index is 549. The smallest absolute Gasteiger partial charge is 0.266 e. The van der Waals surface area contributed by atoms with Gasteiger partial charge in [0.1, 0.15) is 5.75 Å². The van der Waals surface area contributed by atoms with E-state index in [0.29, 0.717) is 23.9 Å². The molecule has 0 radical (unpaired) electrons. The van der Waals surface area contributed by atoms with Crippen LogP contribution in [0.25, 0.3) is 0 Å². The first-order chi connectivity index (χ1) is 10.2. The van der Waals surface area contributed by atoms with Crippen LogP contribution < -0.4 is 4.74 Å². The topological polar surface area (TPSA) is 38.8 Å². The van der Waals surface area contributed by atoms with E-state index in [-0.39, 0.29) is 18.1 Å². The molecule has 0 aromatic heterocycles. The number of nitrogens with zero attached hydrogens (tertiary/aromatic N) is 1. The normalized spacial score (nSPS) is 22.5. The van der Waals surface area contributed by atoms with Crippen LogP contribution in [0.15, 0.2) is 18.2 Å².